The van der Waals surface area contributed by atoms with Gasteiger partial charge in [0.25, 0.3) is 0 Å². The third-order valence-electron chi connectivity index (χ3n) is 2.90. The third-order valence-corrected chi connectivity index (χ3v) is 2.90. The molecule has 1 aromatic carbocycles. The lowest BCUT2D eigenvalue weighted by Gasteiger charge is -2.07. The van der Waals surface area contributed by atoms with E-state index in [9.17, 15) is 0 Å². The molecule has 2 aromatic heterocycles. The summed E-state index contributed by atoms with van der Waals surface area (Å²) >= 11 is 0. The number of hydrogen-bond donors (Lipinski definition) is 1. The van der Waals surface area contributed by atoms with Gasteiger partial charge in [-0.3, -0.25) is 4.68 Å². The van der Waals surface area contributed by atoms with E-state index in [1.165, 1.54) is 0 Å². The second-order valence-electron chi connectivity index (χ2n) is 4.60. The molecule has 0 aliphatic rings. The number of ether oxygens (including phenoxy) is 1. The second kappa shape index (κ2) is 5.62. The number of rotatable bonds is 4. The quantitative estimate of drug-likeness (QED) is 0.791. The predicted octanol–water partition coefficient (Wildman–Crippen LogP) is 2.04. The van der Waals surface area contributed by atoms with Gasteiger partial charge in [-0.2, -0.15) is 5.10 Å². The minimum atomic E-state index is 0.266. The topological polar surface area (TPSA) is 78.9 Å². The van der Waals surface area contributed by atoms with Crippen molar-refractivity contribution < 1.29 is 4.74 Å². The van der Waals surface area contributed by atoms with Crippen molar-refractivity contribution in [3.63, 3.8) is 0 Å². The highest BCUT2D eigenvalue weighted by Crippen LogP contribution is 2.18. The highest BCUT2D eigenvalue weighted by Gasteiger charge is 2.07. The maximum absolute atomic E-state index is 5.84. The molecular weight excluding hydrogens is 266 g/mol. The highest BCUT2D eigenvalue weighted by molar-refractivity contribution is 5.60. The Hall–Kier alpha value is -2.89. The zero-order chi connectivity index (χ0) is 14.7. The Morgan fingerprint density at radius 2 is 2.00 bits per heavy atom. The van der Waals surface area contributed by atoms with Crippen LogP contribution in [-0.4, -0.2) is 19.7 Å². The Kier molecular flexibility index (Phi) is 3.51. The van der Waals surface area contributed by atoms with Gasteiger partial charge in [0, 0.05) is 24.9 Å². The summed E-state index contributed by atoms with van der Waals surface area (Å²) in [5.41, 5.74) is 7.47. The van der Waals surface area contributed by atoms with Gasteiger partial charge in [0.15, 0.2) is 5.82 Å². The molecule has 0 saturated carbocycles. The number of aromatic nitrogens is 4. The third kappa shape index (κ3) is 3.17. The molecule has 0 bridgehead atoms. The van der Waals surface area contributed by atoms with Crippen molar-refractivity contribution in [1.29, 1.82) is 0 Å². The van der Waals surface area contributed by atoms with E-state index >= 15 is 0 Å². The zero-order valence-corrected chi connectivity index (χ0v) is 11.6. The van der Waals surface area contributed by atoms with Crippen LogP contribution in [0.4, 0.5) is 5.82 Å². The SMILES string of the molecule is Cn1cc(-c2cc(N)nc(COc3ccccc3)n2)cn1. The molecule has 0 fully saturated rings. The molecule has 6 nitrogen and oxygen atoms in total. The molecule has 0 spiro atoms. The average Bonchev–Trinajstić information content (AvgIpc) is 2.92. The number of nitrogen functional groups attached to an aromatic ring is 1. The summed E-state index contributed by atoms with van der Waals surface area (Å²) in [6.07, 6.45) is 3.62. The molecule has 0 radical (unpaired) electrons. The lowest BCUT2D eigenvalue weighted by molar-refractivity contribution is 0.296. The number of hydrogen-bond acceptors (Lipinski definition) is 5. The summed E-state index contributed by atoms with van der Waals surface area (Å²) in [6, 6.07) is 11.3. The molecule has 2 heterocycles. The van der Waals surface area contributed by atoms with Gasteiger partial charge in [-0.05, 0) is 12.1 Å². The first-order valence-electron chi connectivity index (χ1n) is 6.51. The second-order valence-corrected chi connectivity index (χ2v) is 4.60. The molecule has 2 N–H and O–H groups in total. The van der Waals surface area contributed by atoms with Crippen LogP contribution in [0.15, 0.2) is 48.8 Å². The normalized spacial score (nSPS) is 10.5. The lowest BCUT2D eigenvalue weighted by atomic mass is 10.2. The average molecular weight is 281 g/mol. The van der Waals surface area contributed by atoms with Crippen LogP contribution in [-0.2, 0) is 13.7 Å². The minimum Gasteiger partial charge on any atom is -0.486 e. The Labute approximate surface area is 122 Å². The first-order valence-corrected chi connectivity index (χ1v) is 6.51. The Morgan fingerprint density at radius 3 is 2.71 bits per heavy atom. The molecule has 0 saturated heterocycles. The summed E-state index contributed by atoms with van der Waals surface area (Å²) < 4.78 is 7.36. The Balaban J connectivity index is 1.81. The van der Waals surface area contributed by atoms with Crippen LogP contribution in [0.1, 0.15) is 5.82 Å². The highest BCUT2D eigenvalue weighted by atomic mass is 16.5. The summed E-state index contributed by atoms with van der Waals surface area (Å²) in [7, 11) is 1.85. The van der Waals surface area contributed by atoms with Gasteiger partial charge in [-0.25, -0.2) is 9.97 Å². The number of anilines is 1. The maximum Gasteiger partial charge on any atom is 0.168 e. The molecule has 0 unspecified atom stereocenters. The standard InChI is InChI=1S/C15H15N5O/c1-20-9-11(8-17-20)13-7-14(16)19-15(18-13)10-21-12-5-3-2-4-6-12/h2-9H,10H2,1H3,(H2,16,18,19). The van der Waals surface area contributed by atoms with Gasteiger partial charge >= 0.3 is 0 Å². The summed E-state index contributed by atoms with van der Waals surface area (Å²) in [6.45, 7) is 0.266. The van der Waals surface area contributed by atoms with E-state index in [1.807, 2.05) is 43.6 Å². The van der Waals surface area contributed by atoms with Crippen molar-refractivity contribution in [2.45, 2.75) is 6.61 Å². The van der Waals surface area contributed by atoms with Crippen LogP contribution in [0, 0.1) is 0 Å². The molecule has 0 aliphatic heterocycles. The fraction of sp³-hybridized carbons (Fsp3) is 0.133. The van der Waals surface area contributed by atoms with Gasteiger partial charge in [0.05, 0.1) is 11.9 Å². The molecule has 3 aromatic rings. The Bertz CT molecular complexity index is 739. The lowest BCUT2D eigenvalue weighted by Crippen LogP contribution is -2.05. The van der Waals surface area contributed by atoms with Crippen molar-refractivity contribution in [2.75, 3.05) is 5.73 Å². The van der Waals surface area contributed by atoms with Gasteiger partial charge in [0.1, 0.15) is 18.2 Å². The fourth-order valence-electron chi connectivity index (χ4n) is 1.95. The Morgan fingerprint density at radius 1 is 1.19 bits per heavy atom. The number of benzene rings is 1. The first-order chi connectivity index (χ1) is 10.2. The number of nitrogens with zero attached hydrogens (tertiary/aromatic N) is 4. The van der Waals surface area contributed by atoms with Crippen LogP contribution in [0.25, 0.3) is 11.3 Å². The van der Waals surface area contributed by atoms with Crippen molar-refractivity contribution >= 4 is 5.82 Å². The zero-order valence-electron chi connectivity index (χ0n) is 11.6. The van der Waals surface area contributed by atoms with Crippen molar-refractivity contribution in [3.05, 3.63) is 54.6 Å². The van der Waals surface area contributed by atoms with Crippen molar-refractivity contribution in [3.8, 4) is 17.0 Å². The fourth-order valence-corrected chi connectivity index (χ4v) is 1.95. The van der Waals surface area contributed by atoms with Crippen LogP contribution < -0.4 is 10.5 Å². The molecule has 21 heavy (non-hydrogen) atoms. The molecule has 0 aliphatic carbocycles. The number of para-hydroxylation sites is 1. The van der Waals surface area contributed by atoms with E-state index in [1.54, 1.807) is 16.9 Å². The van der Waals surface area contributed by atoms with E-state index in [0.717, 1.165) is 17.0 Å². The maximum atomic E-state index is 5.84. The molecular formula is C15H15N5O. The van der Waals surface area contributed by atoms with Crippen LogP contribution in [0.5, 0.6) is 5.75 Å². The molecule has 3 rings (SSSR count). The van der Waals surface area contributed by atoms with E-state index in [-0.39, 0.29) is 6.61 Å². The van der Waals surface area contributed by atoms with Gasteiger partial charge < -0.3 is 10.5 Å². The summed E-state index contributed by atoms with van der Waals surface area (Å²) in [5, 5.41) is 4.13. The van der Waals surface area contributed by atoms with Crippen LogP contribution in [0.3, 0.4) is 0 Å². The van der Waals surface area contributed by atoms with E-state index < -0.39 is 0 Å². The van der Waals surface area contributed by atoms with Gasteiger partial charge in [-0.15, -0.1) is 0 Å². The van der Waals surface area contributed by atoms with Gasteiger partial charge in [-0.1, -0.05) is 18.2 Å². The van der Waals surface area contributed by atoms with E-state index in [4.69, 9.17) is 10.5 Å². The summed E-state index contributed by atoms with van der Waals surface area (Å²) in [5.74, 6) is 1.72. The van der Waals surface area contributed by atoms with Crippen LogP contribution >= 0.6 is 0 Å². The largest absolute Gasteiger partial charge is 0.486 e. The minimum absolute atomic E-state index is 0.266. The molecule has 6 heteroatoms. The van der Waals surface area contributed by atoms with Crippen LogP contribution in [0.2, 0.25) is 0 Å². The van der Waals surface area contributed by atoms with Crippen molar-refractivity contribution in [2.24, 2.45) is 7.05 Å². The monoisotopic (exact) mass is 281 g/mol. The van der Waals surface area contributed by atoms with Crippen molar-refractivity contribution in [1.82, 2.24) is 19.7 Å². The number of nitrogens with two attached hydrogens (primary N) is 1. The summed E-state index contributed by atoms with van der Waals surface area (Å²) in [4.78, 5) is 8.66. The van der Waals surface area contributed by atoms with E-state index in [0.29, 0.717) is 11.6 Å². The van der Waals surface area contributed by atoms with Gasteiger partial charge in [0.2, 0.25) is 0 Å². The molecule has 106 valence electrons. The molecule has 0 atom stereocenters. The van der Waals surface area contributed by atoms with E-state index in [2.05, 4.69) is 15.1 Å². The smallest absolute Gasteiger partial charge is 0.168 e. The predicted molar refractivity (Wildman–Crippen MR) is 79.4 cm³/mol. The first kappa shape index (κ1) is 13.1. The molecule has 0 amide bonds. The number of aryl methyl sites for hydroxylation is 1.